The molecule has 0 atom stereocenters. The maximum atomic E-state index is 4.68. The molecule has 0 aliphatic heterocycles. The normalized spacial score (nSPS) is 11.6. The third-order valence-corrected chi connectivity index (χ3v) is 2.96. The van der Waals surface area contributed by atoms with E-state index in [9.17, 15) is 0 Å². The summed E-state index contributed by atoms with van der Waals surface area (Å²) in [5.74, 6) is 1.90. The molecule has 0 amide bonds. The lowest BCUT2D eigenvalue weighted by atomic mass is 9.96. The summed E-state index contributed by atoms with van der Waals surface area (Å²) in [7, 11) is 0. The van der Waals surface area contributed by atoms with Crippen molar-refractivity contribution in [2.24, 2.45) is 0 Å². The summed E-state index contributed by atoms with van der Waals surface area (Å²) in [6, 6.07) is 1.99. The quantitative estimate of drug-likeness (QED) is 0.793. The van der Waals surface area contributed by atoms with Crippen molar-refractivity contribution in [3.8, 4) is 0 Å². The van der Waals surface area contributed by atoms with E-state index in [1.54, 1.807) is 0 Å². The minimum Gasteiger partial charge on any atom is -0.357 e. The van der Waals surface area contributed by atoms with Crippen LogP contribution in [0, 0.1) is 0 Å². The monoisotopic (exact) mass is 299 g/mol. The number of anilines is 1. The highest BCUT2D eigenvalue weighted by Gasteiger charge is 2.19. The summed E-state index contributed by atoms with van der Waals surface area (Å²) in [4.78, 5) is 11.4. The molecular formula is C13H22BrN3. The van der Waals surface area contributed by atoms with Crippen LogP contribution in [-0.4, -0.2) is 23.1 Å². The molecule has 1 rings (SSSR count). The molecule has 17 heavy (non-hydrogen) atoms. The van der Waals surface area contributed by atoms with Crippen LogP contribution in [0.1, 0.15) is 46.9 Å². The van der Waals surface area contributed by atoms with Crippen molar-refractivity contribution in [2.45, 2.75) is 46.5 Å². The van der Waals surface area contributed by atoms with E-state index in [-0.39, 0.29) is 5.41 Å². The largest absolute Gasteiger partial charge is 0.357 e. The van der Waals surface area contributed by atoms with Gasteiger partial charge in [0.1, 0.15) is 16.2 Å². The fraction of sp³-hybridized carbons (Fsp3) is 0.692. The van der Waals surface area contributed by atoms with Gasteiger partial charge in [-0.15, -0.1) is 0 Å². The molecule has 0 aliphatic carbocycles. The van der Waals surface area contributed by atoms with E-state index in [4.69, 9.17) is 0 Å². The van der Waals surface area contributed by atoms with Crippen LogP contribution in [0.3, 0.4) is 0 Å². The van der Waals surface area contributed by atoms with Crippen LogP contribution < -0.4 is 4.90 Å². The maximum Gasteiger partial charge on any atom is 0.137 e. The maximum absolute atomic E-state index is 4.68. The topological polar surface area (TPSA) is 29.0 Å². The lowest BCUT2D eigenvalue weighted by molar-refractivity contribution is 0.542. The molecule has 0 aromatic carbocycles. The van der Waals surface area contributed by atoms with Gasteiger partial charge in [0, 0.05) is 24.6 Å². The zero-order valence-corrected chi connectivity index (χ0v) is 13.0. The number of hydrogen-bond acceptors (Lipinski definition) is 3. The SMILES string of the molecule is CCCN(CC)c1cc(Br)nc(C(C)(C)C)n1. The first-order valence-electron chi connectivity index (χ1n) is 6.18. The van der Waals surface area contributed by atoms with E-state index in [0.29, 0.717) is 0 Å². The molecule has 0 spiro atoms. The summed E-state index contributed by atoms with van der Waals surface area (Å²) in [5, 5.41) is 0. The zero-order valence-electron chi connectivity index (χ0n) is 11.4. The molecule has 4 heteroatoms. The molecule has 0 unspecified atom stereocenters. The average Bonchev–Trinajstić information content (AvgIpc) is 2.23. The lowest BCUT2D eigenvalue weighted by Gasteiger charge is -2.24. The zero-order chi connectivity index (χ0) is 13.1. The highest BCUT2D eigenvalue weighted by Crippen LogP contribution is 2.24. The molecule has 96 valence electrons. The predicted molar refractivity (Wildman–Crippen MR) is 76.6 cm³/mol. The lowest BCUT2D eigenvalue weighted by Crippen LogP contribution is -2.26. The van der Waals surface area contributed by atoms with Crippen molar-refractivity contribution >= 4 is 21.7 Å². The summed E-state index contributed by atoms with van der Waals surface area (Å²) in [5.41, 5.74) is -0.0237. The fourth-order valence-corrected chi connectivity index (χ4v) is 1.98. The van der Waals surface area contributed by atoms with Gasteiger partial charge in [-0.2, -0.15) is 0 Å². The summed E-state index contributed by atoms with van der Waals surface area (Å²) >= 11 is 3.48. The Bertz CT molecular complexity index is 371. The minimum absolute atomic E-state index is 0.0237. The van der Waals surface area contributed by atoms with Gasteiger partial charge >= 0.3 is 0 Å². The van der Waals surface area contributed by atoms with Gasteiger partial charge in [0.05, 0.1) is 0 Å². The van der Waals surface area contributed by atoms with Gasteiger partial charge in [0.2, 0.25) is 0 Å². The van der Waals surface area contributed by atoms with Crippen molar-refractivity contribution in [1.29, 1.82) is 0 Å². The standard InChI is InChI=1S/C13H22BrN3/c1-6-8-17(7-2)11-9-10(14)15-12(16-11)13(3,4)5/h9H,6-8H2,1-5H3. The second-order valence-electron chi connectivity index (χ2n) is 5.20. The minimum atomic E-state index is -0.0237. The second-order valence-corrected chi connectivity index (χ2v) is 6.01. The molecule has 1 heterocycles. The number of rotatable bonds is 4. The van der Waals surface area contributed by atoms with Crippen LogP contribution in [0.4, 0.5) is 5.82 Å². The molecular weight excluding hydrogens is 278 g/mol. The fourth-order valence-electron chi connectivity index (χ4n) is 1.61. The number of halogens is 1. The molecule has 0 radical (unpaired) electrons. The van der Waals surface area contributed by atoms with Crippen LogP contribution >= 0.6 is 15.9 Å². The van der Waals surface area contributed by atoms with Gasteiger partial charge in [-0.3, -0.25) is 0 Å². The van der Waals surface area contributed by atoms with Gasteiger partial charge in [-0.25, -0.2) is 9.97 Å². The van der Waals surface area contributed by atoms with E-state index < -0.39 is 0 Å². The van der Waals surface area contributed by atoms with E-state index in [1.165, 1.54) is 0 Å². The Labute approximate surface area is 113 Å². The third kappa shape index (κ3) is 3.95. The molecule has 0 aliphatic rings. The summed E-state index contributed by atoms with van der Waals surface area (Å²) in [6.07, 6.45) is 1.13. The van der Waals surface area contributed by atoms with Crippen LogP contribution in [0.2, 0.25) is 0 Å². The number of aromatic nitrogens is 2. The van der Waals surface area contributed by atoms with Crippen molar-refractivity contribution in [2.75, 3.05) is 18.0 Å². The summed E-state index contributed by atoms with van der Waals surface area (Å²) < 4.78 is 0.863. The van der Waals surface area contributed by atoms with Gasteiger partial charge in [0.15, 0.2) is 0 Å². The first-order chi connectivity index (χ1) is 7.88. The molecule has 0 saturated carbocycles. The van der Waals surface area contributed by atoms with Gasteiger partial charge in [-0.05, 0) is 29.3 Å². The first-order valence-corrected chi connectivity index (χ1v) is 6.97. The van der Waals surface area contributed by atoms with Crippen LogP contribution in [0.5, 0.6) is 0 Å². The Kier molecular flexibility index (Phi) is 4.92. The second kappa shape index (κ2) is 5.80. The first kappa shape index (κ1) is 14.4. The van der Waals surface area contributed by atoms with Gasteiger partial charge in [0.25, 0.3) is 0 Å². The Morgan fingerprint density at radius 3 is 2.35 bits per heavy atom. The molecule has 0 N–H and O–H groups in total. The molecule has 0 saturated heterocycles. The third-order valence-electron chi connectivity index (χ3n) is 2.55. The Morgan fingerprint density at radius 1 is 1.24 bits per heavy atom. The smallest absolute Gasteiger partial charge is 0.137 e. The number of hydrogen-bond donors (Lipinski definition) is 0. The Hall–Kier alpha value is -0.640. The van der Waals surface area contributed by atoms with Crippen LogP contribution in [-0.2, 0) is 5.41 Å². The van der Waals surface area contributed by atoms with Gasteiger partial charge in [-0.1, -0.05) is 27.7 Å². The number of nitrogens with zero attached hydrogens (tertiary/aromatic N) is 3. The Morgan fingerprint density at radius 2 is 1.88 bits per heavy atom. The van der Waals surface area contributed by atoms with Crippen molar-refractivity contribution in [3.05, 3.63) is 16.5 Å². The van der Waals surface area contributed by atoms with Crippen LogP contribution in [0.15, 0.2) is 10.7 Å². The molecule has 1 aromatic rings. The Balaban J connectivity index is 3.12. The van der Waals surface area contributed by atoms with E-state index in [1.807, 2.05) is 6.07 Å². The predicted octanol–water partition coefficient (Wildman–Crippen LogP) is 3.77. The van der Waals surface area contributed by atoms with E-state index >= 15 is 0 Å². The van der Waals surface area contributed by atoms with Crippen molar-refractivity contribution < 1.29 is 0 Å². The van der Waals surface area contributed by atoms with E-state index in [0.717, 1.165) is 35.8 Å². The molecule has 0 bridgehead atoms. The van der Waals surface area contributed by atoms with Gasteiger partial charge < -0.3 is 4.90 Å². The molecule has 3 nitrogen and oxygen atoms in total. The molecule has 0 fully saturated rings. The van der Waals surface area contributed by atoms with E-state index in [2.05, 4.69) is 65.4 Å². The average molecular weight is 300 g/mol. The highest BCUT2D eigenvalue weighted by atomic mass is 79.9. The van der Waals surface area contributed by atoms with Crippen molar-refractivity contribution in [1.82, 2.24) is 9.97 Å². The van der Waals surface area contributed by atoms with Crippen LogP contribution in [0.25, 0.3) is 0 Å². The summed E-state index contributed by atoms with van der Waals surface area (Å²) in [6.45, 7) is 12.7. The highest BCUT2D eigenvalue weighted by molar-refractivity contribution is 9.10. The van der Waals surface area contributed by atoms with Crippen molar-refractivity contribution in [3.63, 3.8) is 0 Å². The molecule has 1 aromatic heterocycles.